The van der Waals surface area contributed by atoms with Gasteiger partial charge in [0.15, 0.2) is 0 Å². The second-order valence-electron chi connectivity index (χ2n) is 6.89. The summed E-state index contributed by atoms with van der Waals surface area (Å²) in [6, 6.07) is 9.64. The number of aliphatic hydroxyl groups excluding tert-OH is 2. The lowest BCUT2D eigenvalue weighted by Crippen LogP contribution is -2.59. The molecule has 6 heteroatoms. The molecule has 0 aliphatic carbocycles. The monoisotopic (exact) mass is 352 g/mol. The van der Waals surface area contributed by atoms with Gasteiger partial charge < -0.3 is 24.4 Å². The number of rotatable bonds is 7. The molecule has 140 valence electrons. The fourth-order valence-corrected chi connectivity index (χ4v) is 2.98. The zero-order valence-corrected chi connectivity index (χ0v) is 15.0. The van der Waals surface area contributed by atoms with Crippen LogP contribution in [0.3, 0.4) is 0 Å². The number of hydrogen-bond acceptors (Lipinski definition) is 6. The molecule has 1 aromatic rings. The predicted octanol–water partition coefficient (Wildman–Crippen LogP) is 1.67. The van der Waals surface area contributed by atoms with Gasteiger partial charge in [-0.1, -0.05) is 44.2 Å². The highest BCUT2D eigenvalue weighted by Crippen LogP contribution is 2.28. The summed E-state index contributed by atoms with van der Waals surface area (Å²) in [6.07, 6.45) is -3.42. The summed E-state index contributed by atoms with van der Waals surface area (Å²) >= 11 is 0. The molecule has 0 spiro atoms. The maximum atomic E-state index is 11.0. The van der Waals surface area contributed by atoms with E-state index in [1.165, 1.54) is 6.92 Å². The summed E-state index contributed by atoms with van der Waals surface area (Å²) in [5.74, 6) is -0.127. The third-order valence-corrected chi connectivity index (χ3v) is 4.22. The van der Waals surface area contributed by atoms with Gasteiger partial charge in [-0.25, -0.2) is 0 Å². The van der Waals surface area contributed by atoms with Crippen LogP contribution in [0.5, 0.6) is 0 Å². The summed E-state index contributed by atoms with van der Waals surface area (Å²) in [5, 5.41) is 20.9. The SMILES string of the molecule is CC(=O)OC[C@H]1O[C@H](CC(C)C)[C@@H](OCc2ccccc2)[C@H](O)[C@@H]1O. The Morgan fingerprint density at radius 1 is 1.16 bits per heavy atom. The Labute approximate surface area is 148 Å². The number of hydrogen-bond donors (Lipinski definition) is 2. The Hall–Kier alpha value is -1.47. The lowest BCUT2D eigenvalue weighted by Gasteiger charge is -2.43. The van der Waals surface area contributed by atoms with Crippen LogP contribution in [0.2, 0.25) is 0 Å². The van der Waals surface area contributed by atoms with E-state index in [9.17, 15) is 15.0 Å². The first kappa shape index (κ1) is 19.8. The first-order valence-corrected chi connectivity index (χ1v) is 8.69. The predicted molar refractivity (Wildman–Crippen MR) is 91.8 cm³/mol. The molecule has 1 aliphatic heterocycles. The topological polar surface area (TPSA) is 85.2 Å². The average molecular weight is 352 g/mol. The van der Waals surface area contributed by atoms with Gasteiger partial charge in [-0.3, -0.25) is 4.79 Å². The fourth-order valence-electron chi connectivity index (χ4n) is 2.98. The summed E-state index contributed by atoms with van der Waals surface area (Å²) in [6.45, 7) is 5.63. The van der Waals surface area contributed by atoms with Crippen molar-refractivity contribution in [3.05, 3.63) is 35.9 Å². The molecular formula is C19H28O6. The number of aliphatic hydroxyl groups is 2. The van der Waals surface area contributed by atoms with Crippen LogP contribution in [0.15, 0.2) is 30.3 Å². The Morgan fingerprint density at radius 3 is 2.44 bits per heavy atom. The zero-order valence-electron chi connectivity index (χ0n) is 15.0. The van der Waals surface area contributed by atoms with Crippen LogP contribution < -0.4 is 0 Å². The van der Waals surface area contributed by atoms with E-state index in [1.807, 2.05) is 30.3 Å². The number of carbonyl (C=O) groups is 1. The van der Waals surface area contributed by atoms with Gasteiger partial charge in [-0.15, -0.1) is 0 Å². The summed E-state index contributed by atoms with van der Waals surface area (Å²) in [4.78, 5) is 11.0. The van der Waals surface area contributed by atoms with Crippen LogP contribution in [0, 0.1) is 5.92 Å². The van der Waals surface area contributed by atoms with Crippen molar-refractivity contribution < 1.29 is 29.2 Å². The van der Waals surface area contributed by atoms with Gasteiger partial charge in [0.25, 0.3) is 0 Å². The Kier molecular flexibility index (Phi) is 7.38. The zero-order chi connectivity index (χ0) is 18.4. The molecule has 1 heterocycles. The van der Waals surface area contributed by atoms with Crippen molar-refractivity contribution in [1.82, 2.24) is 0 Å². The molecule has 0 amide bonds. The van der Waals surface area contributed by atoms with E-state index in [-0.39, 0.29) is 12.7 Å². The average Bonchev–Trinajstić information content (AvgIpc) is 2.56. The molecule has 1 fully saturated rings. The Bertz CT molecular complexity index is 532. The Balaban J connectivity index is 2.05. The molecule has 0 radical (unpaired) electrons. The third-order valence-electron chi connectivity index (χ3n) is 4.22. The second-order valence-corrected chi connectivity index (χ2v) is 6.89. The maximum Gasteiger partial charge on any atom is 0.302 e. The van der Waals surface area contributed by atoms with Crippen molar-refractivity contribution in [3.8, 4) is 0 Å². The molecule has 25 heavy (non-hydrogen) atoms. The number of esters is 1. The first-order valence-electron chi connectivity index (χ1n) is 8.69. The van der Waals surface area contributed by atoms with Gasteiger partial charge in [0.1, 0.15) is 31.0 Å². The molecule has 0 saturated carbocycles. The maximum absolute atomic E-state index is 11.0. The molecule has 2 rings (SSSR count). The summed E-state index contributed by atoms with van der Waals surface area (Å²) in [5.41, 5.74) is 0.981. The van der Waals surface area contributed by atoms with Crippen LogP contribution in [0.4, 0.5) is 0 Å². The van der Waals surface area contributed by atoms with Crippen LogP contribution in [-0.2, 0) is 25.6 Å². The summed E-state index contributed by atoms with van der Waals surface area (Å²) < 4.78 is 16.8. The van der Waals surface area contributed by atoms with Crippen LogP contribution in [0.25, 0.3) is 0 Å². The minimum Gasteiger partial charge on any atom is -0.463 e. The summed E-state index contributed by atoms with van der Waals surface area (Å²) in [7, 11) is 0. The molecule has 0 bridgehead atoms. The molecule has 1 saturated heterocycles. The van der Waals surface area contributed by atoms with Gasteiger partial charge in [0.05, 0.1) is 12.7 Å². The lowest BCUT2D eigenvalue weighted by molar-refractivity contribution is -0.248. The Morgan fingerprint density at radius 2 is 1.84 bits per heavy atom. The smallest absolute Gasteiger partial charge is 0.302 e. The van der Waals surface area contributed by atoms with E-state index in [1.54, 1.807) is 0 Å². The fraction of sp³-hybridized carbons (Fsp3) is 0.632. The minimum atomic E-state index is -1.18. The molecule has 0 aromatic heterocycles. The van der Waals surface area contributed by atoms with Gasteiger partial charge in [0, 0.05) is 6.92 Å². The van der Waals surface area contributed by atoms with Gasteiger partial charge in [0.2, 0.25) is 0 Å². The van der Waals surface area contributed by atoms with E-state index in [2.05, 4.69) is 13.8 Å². The van der Waals surface area contributed by atoms with E-state index in [0.29, 0.717) is 18.9 Å². The highest BCUT2D eigenvalue weighted by atomic mass is 16.6. The van der Waals surface area contributed by atoms with E-state index < -0.39 is 30.4 Å². The van der Waals surface area contributed by atoms with Gasteiger partial charge in [-0.05, 0) is 17.9 Å². The van der Waals surface area contributed by atoms with Crippen LogP contribution >= 0.6 is 0 Å². The minimum absolute atomic E-state index is 0.0897. The van der Waals surface area contributed by atoms with Crippen molar-refractivity contribution >= 4 is 5.97 Å². The second kappa shape index (κ2) is 9.29. The molecule has 1 aromatic carbocycles. The third kappa shape index (κ3) is 5.78. The lowest BCUT2D eigenvalue weighted by atomic mass is 9.90. The van der Waals surface area contributed by atoms with Crippen LogP contribution in [-0.4, -0.2) is 53.3 Å². The largest absolute Gasteiger partial charge is 0.463 e. The molecule has 5 atom stereocenters. The highest BCUT2D eigenvalue weighted by molar-refractivity contribution is 5.65. The van der Waals surface area contributed by atoms with Crippen molar-refractivity contribution in [2.75, 3.05) is 6.61 Å². The first-order chi connectivity index (χ1) is 11.9. The molecule has 2 N–H and O–H groups in total. The molecule has 1 aliphatic rings. The van der Waals surface area contributed by atoms with Crippen molar-refractivity contribution in [2.24, 2.45) is 5.92 Å². The van der Waals surface area contributed by atoms with E-state index in [4.69, 9.17) is 14.2 Å². The van der Waals surface area contributed by atoms with Crippen LogP contribution in [0.1, 0.15) is 32.8 Å². The number of carbonyl (C=O) groups excluding carboxylic acids is 1. The van der Waals surface area contributed by atoms with Gasteiger partial charge >= 0.3 is 5.97 Å². The van der Waals surface area contributed by atoms with Crippen molar-refractivity contribution in [3.63, 3.8) is 0 Å². The number of benzene rings is 1. The normalized spacial score (nSPS) is 29.6. The van der Waals surface area contributed by atoms with Gasteiger partial charge in [-0.2, -0.15) is 0 Å². The van der Waals surface area contributed by atoms with E-state index >= 15 is 0 Å². The standard InChI is InChI=1S/C19H28O6/c1-12(2)9-15-19(24-10-14-7-5-4-6-8-14)18(22)17(21)16(25-15)11-23-13(3)20/h4-8,12,15-19,21-22H,9-11H2,1-3H3/t15-,16-,17-,18-,19-/m1/s1. The molecule has 6 nitrogen and oxygen atoms in total. The van der Waals surface area contributed by atoms with Crippen molar-refractivity contribution in [2.45, 2.75) is 64.3 Å². The molecular weight excluding hydrogens is 324 g/mol. The van der Waals surface area contributed by atoms with Crippen molar-refractivity contribution in [1.29, 1.82) is 0 Å². The number of ether oxygens (including phenoxy) is 3. The highest BCUT2D eigenvalue weighted by Gasteiger charge is 2.45. The molecule has 0 unspecified atom stereocenters. The van der Waals surface area contributed by atoms with E-state index in [0.717, 1.165) is 5.56 Å². The quantitative estimate of drug-likeness (QED) is 0.726.